The van der Waals surface area contributed by atoms with Crippen LogP contribution in [0.1, 0.15) is 17.0 Å². The summed E-state index contributed by atoms with van der Waals surface area (Å²) in [7, 11) is -2.82. The van der Waals surface area contributed by atoms with E-state index in [4.69, 9.17) is 12.2 Å². The summed E-state index contributed by atoms with van der Waals surface area (Å²) < 4.78 is 22.7. The number of nitrogens with one attached hydrogen (secondary N) is 2. The van der Waals surface area contributed by atoms with Crippen molar-refractivity contribution in [3.05, 3.63) is 10.6 Å². The molecular formula is C11H17N3O2S3. The van der Waals surface area contributed by atoms with Crippen LogP contribution in [-0.4, -0.2) is 36.6 Å². The summed E-state index contributed by atoms with van der Waals surface area (Å²) in [6, 6.07) is 0. The van der Waals surface area contributed by atoms with Crippen LogP contribution < -0.4 is 10.6 Å². The Kier molecular flexibility index (Phi) is 4.42. The van der Waals surface area contributed by atoms with Crippen LogP contribution in [0.2, 0.25) is 0 Å². The predicted molar refractivity (Wildman–Crippen MR) is 82.6 cm³/mol. The summed E-state index contributed by atoms with van der Waals surface area (Å²) in [5.41, 5.74) is 0.997. The average Bonchev–Trinajstić information content (AvgIpc) is 2.80. The van der Waals surface area contributed by atoms with Gasteiger partial charge in [0.1, 0.15) is 0 Å². The van der Waals surface area contributed by atoms with Gasteiger partial charge in [-0.3, -0.25) is 0 Å². The minimum atomic E-state index is -2.82. The van der Waals surface area contributed by atoms with Crippen molar-refractivity contribution in [1.82, 2.24) is 10.3 Å². The van der Waals surface area contributed by atoms with Crippen molar-refractivity contribution in [3.8, 4) is 0 Å². The van der Waals surface area contributed by atoms with Gasteiger partial charge < -0.3 is 10.6 Å². The Morgan fingerprint density at radius 3 is 2.79 bits per heavy atom. The van der Waals surface area contributed by atoms with Crippen LogP contribution in [-0.2, 0) is 9.84 Å². The number of thiazole rings is 1. The van der Waals surface area contributed by atoms with Crippen LogP contribution >= 0.6 is 23.6 Å². The molecule has 5 nitrogen and oxygen atoms in total. The Hall–Kier alpha value is -0.730. The zero-order valence-electron chi connectivity index (χ0n) is 10.9. The van der Waals surface area contributed by atoms with Crippen molar-refractivity contribution in [2.45, 2.75) is 20.3 Å². The fourth-order valence-electron chi connectivity index (χ4n) is 1.94. The van der Waals surface area contributed by atoms with Crippen LogP contribution in [0.25, 0.3) is 0 Å². The molecule has 2 N–H and O–H groups in total. The molecule has 0 aliphatic carbocycles. The lowest BCUT2D eigenvalue weighted by Gasteiger charge is -2.11. The fraction of sp³-hybridized carbons (Fsp3) is 0.636. The van der Waals surface area contributed by atoms with Crippen LogP contribution in [0.4, 0.5) is 5.13 Å². The first-order valence-corrected chi connectivity index (χ1v) is 9.09. The number of anilines is 1. The Balaban J connectivity index is 1.79. The molecule has 1 aliphatic rings. The van der Waals surface area contributed by atoms with Crippen molar-refractivity contribution in [1.29, 1.82) is 0 Å². The highest BCUT2D eigenvalue weighted by atomic mass is 32.2. The van der Waals surface area contributed by atoms with Crippen molar-refractivity contribution < 1.29 is 8.42 Å². The third-order valence-electron chi connectivity index (χ3n) is 3.13. The molecule has 1 saturated heterocycles. The summed E-state index contributed by atoms with van der Waals surface area (Å²) in [6.07, 6.45) is 0.716. The van der Waals surface area contributed by atoms with Crippen molar-refractivity contribution in [3.63, 3.8) is 0 Å². The lowest BCUT2D eigenvalue weighted by atomic mass is 10.1. The fourth-order valence-corrected chi connectivity index (χ4v) is 4.86. The molecule has 2 heterocycles. The van der Waals surface area contributed by atoms with Crippen LogP contribution in [0, 0.1) is 19.8 Å². The van der Waals surface area contributed by atoms with Gasteiger partial charge in [-0.25, -0.2) is 13.4 Å². The second-order valence-corrected chi connectivity index (χ2v) is 8.60. The van der Waals surface area contributed by atoms with Crippen LogP contribution in [0.15, 0.2) is 0 Å². The summed E-state index contributed by atoms with van der Waals surface area (Å²) >= 11 is 6.73. The van der Waals surface area contributed by atoms with E-state index in [1.165, 1.54) is 0 Å². The van der Waals surface area contributed by atoms with Crippen LogP contribution in [0.5, 0.6) is 0 Å². The van der Waals surface area contributed by atoms with Crippen molar-refractivity contribution >= 4 is 43.6 Å². The smallest absolute Gasteiger partial charge is 0.189 e. The number of nitrogens with zero attached hydrogens (tertiary/aromatic N) is 1. The Labute approximate surface area is 122 Å². The molecule has 1 aliphatic heterocycles. The number of sulfone groups is 1. The first-order valence-electron chi connectivity index (χ1n) is 6.05. The van der Waals surface area contributed by atoms with E-state index in [0.717, 1.165) is 15.7 Å². The molecule has 0 spiro atoms. The highest BCUT2D eigenvalue weighted by Gasteiger charge is 2.27. The van der Waals surface area contributed by atoms with Crippen molar-refractivity contribution in [2.24, 2.45) is 5.92 Å². The molecule has 8 heteroatoms. The van der Waals surface area contributed by atoms with Gasteiger partial charge in [-0.1, -0.05) is 0 Å². The lowest BCUT2D eigenvalue weighted by molar-refractivity contribution is 0.574. The van der Waals surface area contributed by atoms with Gasteiger partial charge in [0.05, 0.1) is 17.2 Å². The molecule has 0 saturated carbocycles. The van der Waals surface area contributed by atoms with Gasteiger partial charge >= 0.3 is 0 Å². The maximum Gasteiger partial charge on any atom is 0.189 e. The van der Waals surface area contributed by atoms with E-state index in [0.29, 0.717) is 23.8 Å². The zero-order valence-corrected chi connectivity index (χ0v) is 13.3. The molecule has 1 atom stereocenters. The molecular weight excluding hydrogens is 302 g/mol. The molecule has 0 aromatic carbocycles. The second-order valence-electron chi connectivity index (χ2n) is 4.76. The first-order chi connectivity index (χ1) is 8.85. The molecule has 19 heavy (non-hydrogen) atoms. The van der Waals surface area contributed by atoms with E-state index >= 15 is 0 Å². The molecule has 1 aromatic rings. The number of aromatic nitrogens is 1. The minimum Gasteiger partial charge on any atom is -0.362 e. The zero-order chi connectivity index (χ0) is 14.0. The normalized spacial score (nSPS) is 21.3. The lowest BCUT2D eigenvalue weighted by Crippen LogP contribution is -2.33. The highest BCUT2D eigenvalue weighted by Crippen LogP contribution is 2.21. The van der Waals surface area contributed by atoms with Gasteiger partial charge in [0.15, 0.2) is 20.1 Å². The van der Waals surface area contributed by atoms with Gasteiger partial charge in [0.2, 0.25) is 0 Å². The number of aryl methyl sites for hydroxylation is 2. The number of hydrogen-bond donors (Lipinski definition) is 2. The van der Waals surface area contributed by atoms with E-state index in [9.17, 15) is 8.42 Å². The standard InChI is InChI=1S/C11H17N3O2S3/c1-7-8(2)18-11(13-7)14-10(17)12-5-9-3-4-19(15,16)6-9/h9H,3-6H2,1-2H3,(H2,12,13,14,17)/t9-/m0/s1. The van der Waals surface area contributed by atoms with Gasteiger partial charge in [-0.2, -0.15) is 0 Å². The summed E-state index contributed by atoms with van der Waals surface area (Å²) in [5.74, 6) is 0.715. The molecule has 2 rings (SSSR count). The average molecular weight is 319 g/mol. The molecule has 106 valence electrons. The largest absolute Gasteiger partial charge is 0.362 e. The molecule has 1 aromatic heterocycles. The number of rotatable bonds is 3. The van der Waals surface area contributed by atoms with Gasteiger partial charge in [0, 0.05) is 11.4 Å². The van der Waals surface area contributed by atoms with Gasteiger partial charge in [0.25, 0.3) is 0 Å². The monoisotopic (exact) mass is 319 g/mol. The highest BCUT2D eigenvalue weighted by molar-refractivity contribution is 7.91. The van der Waals surface area contributed by atoms with E-state index in [-0.39, 0.29) is 11.7 Å². The van der Waals surface area contributed by atoms with E-state index in [2.05, 4.69) is 15.6 Å². The Morgan fingerprint density at radius 2 is 2.26 bits per heavy atom. The molecule has 1 fully saturated rings. The maximum atomic E-state index is 11.3. The van der Waals surface area contributed by atoms with E-state index < -0.39 is 9.84 Å². The third-order valence-corrected chi connectivity index (χ3v) is 6.20. The quantitative estimate of drug-likeness (QED) is 0.823. The first kappa shape index (κ1) is 14.7. The third kappa shape index (κ3) is 4.12. The Bertz CT molecular complexity index is 561. The number of hydrogen-bond acceptors (Lipinski definition) is 5. The molecule has 0 bridgehead atoms. The molecule has 0 unspecified atom stereocenters. The predicted octanol–water partition coefficient (Wildman–Crippen LogP) is 1.48. The summed E-state index contributed by atoms with van der Waals surface area (Å²) in [6.45, 7) is 4.56. The van der Waals surface area contributed by atoms with E-state index in [1.54, 1.807) is 11.3 Å². The van der Waals surface area contributed by atoms with Crippen molar-refractivity contribution in [2.75, 3.05) is 23.4 Å². The maximum absolute atomic E-state index is 11.3. The molecule has 0 radical (unpaired) electrons. The minimum absolute atomic E-state index is 0.157. The summed E-state index contributed by atoms with van der Waals surface area (Å²) in [5, 5.41) is 7.36. The second kappa shape index (κ2) is 5.72. The Morgan fingerprint density at radius 1 is 1.53 bits per heavy atom. The number of thiocarbonyl (C=S) groups is 1. The van der Waals surface area contributed by atoms with Crippen LogP contribution in [0.3, 0.4) is 0 Å². The SMILES string of the molecule is Cc1nc(NC(=S)NC[C@@H]2CCS(=O)(=O)C2)sc1C. The van der Waals surface area contributed by atoms with E-state index in [1.807, 2.05) is 13.8 Å². The van der Waals surface area contributed by atoms with Gasteiger partial charge in [-0.05, 0) is 38.4 Å². The van der Waals surface area contributed by atoms with Gasteiger partial charge in [-0.15, -0.1) is 11.3 Å². The topological polar surface area (TPSA) is 71.1 Å². The summed E-state index contributed by atoms with van der Waals surface area (Å²) in [4.78, 5) is 5.50. The molecule has 0 amide bonds.